The molecule has 2 saturated carbocycles. The van der Waals surface area contributed by atoms with Crippen molar-refractivity contribution in [2.24, 2.45) is 0 Å². The second kappa shape index (κ2) is 18.5. The van der Waals surface area contributed by atoms with Gasteiger partial charge in [0.15, 0.2) is 0 Å². The van der Waals surface area contributed by atoms with E-state index in [0.29, 0.717) is 0 Å². The van der Waals surface area contributed by atoms with Crippen molar-refractivity contribution in [2.75, 3.05) is 0 Å². The third-order valence-corrected chi connectivity index (χ3v) is 3.19. The van der Waals surface area contributed by atoms with Crippen LogP contribution in [0.1, 0.15) is 64.2 Å². The molecule has 2 aliphatic rings. The van der Waals surface area contributed by atoms with Gasteiger partial charge >= 0.3 is 21.7 Å². The summed E-state index contributed by atoms with van der Waals surface area (Å²) in [6.07, 6.45) is 19.0. The number of halogens is 1. The van der Waals surface area contributed by atoms with Crippen molar-refractivity contribution in [3.63, 3.8) is 0 Å². The van der Waals surface area contributed by atoms with Crippen molar-refractivity contribution in [3.05, 3.63) is 43.2 Å². The zero-order valence-electron chi connectivity index (χ0n) is 12.0. The summed E-state index contributed by atoms with van der Waals surface area (Å²) >= 11 is 0. The van der Waals surface area contributed by atoms with Gasteiger partial charge < -0.3 is 29.8 Å². The van der Waals surface area contributed by atoms with E-state index in [2.05, 4.69) is 12.8 Å². The molecule has 1 aromatic carbocycles. The van der Waals surface area contributed by atoms with E-state index in [0.717, 1.165) is 0 Å². The molecular formula is C17H27BrTi. The van der Waals surface area contributed by atoms with E-state index >= 15 is 0 Å². The van der Waals surface area contributed by atoms with Gasteiger partial charge in [-0.15, -0.1) is 0 Å². The molecule has 0 spiro atoms. The maximum absolute atomic E-state index is 2.39. The van der Waals surface area contributed by atoms with E-state index in [4.69, 9.17) is 0 Å². The summed E-state index contributed by atoms with van der Waals surface area (Å²) in [5, 5.41) is 0. The van der Waals surface area contributed by atoms with Crippen LogP contribution in [0.25, 0.3) is 0 Å². The molecule has 0 aliphatic heterocycles. The summed E-state index contributed by atoms with van der Waals surface area (Å²) in [4.78, 5) is 0. The Bertz CT molecular complexity index is 161. The van der Waals surface area contributed by atoms with Gasteiger partial charge in [-0.05, 0) is 0 Å². The van der Waals surface area contributed by atoms with Gasteiger partial charge in [-0.2, -0.15) is 43.9 Å². The van der Waals surface area contributed by atoms with Crippen molar-refractivity contribution in [3.8, 4) is 0 Å². The Kier molecular flexibility index (Phi) is 21.3. The van der Waals surface area contributed by atoms with Crippen LogP contribution < -0.4 is 17.0 Å². The quantitative estimate of drug-likeness (QED) is 0.494. The molecule has 2 heteroatoms. The van der Waals surface area contributed by atoms with E-state index in [1.54, 1.807) is 0 Å². The minimum absolute atomic E-state index is 0. The number of hydrogen-bond donors (Lipinski definition) is 0. The predicted octanol–water partition coefficient (Wildman–Crippen LogP) is 2.72. The van der Waals surface area contributed by atoms with Crippen molar-refractivity contribution < 1.29 is 38.7 Å². The van der Waals surface area contributed by atoms with Gasteiger partial charge in [-0.1, -0.05) is 38.5 Å². The third kappa shape index (κ3) is 16.5. The Morgan fingerprint density at radius 1 is 0.579 bits per heavy atom. The normalized spacial score (nSPS) is 17.3. The van der Waals surface area contributed by atoms with E-state index < -0.39 is 0 Å². The molecule has 106 valence electrons. The van der Waals surface area contributed by atoms with E-state index in [9.17, 15) is 0 Å². The second-order valence-corrected chi connectivity index (χ2v) is 4.82. The molecule has 0 nitrogen and oxygen atoms in total. The average molecular weight is 359 g/mol. The molecule has 0 saturated heterocycles. The zero-order valence-corrected chi connectivity index (χ0v) is 15.1. The first kappa shape index (κ1) is 21.8. The van der Waals surface area contributed by atoms with Gasteiger partial charge in [0.25, 0.3) is 0 Å². The van der Waals surface area contributed by atoms with Crippen LogP contribution in [0.3, 0.4) is 0 Å². The van der Waals surface area contributed by atoms with E-state index in [1.165, 1.54) is 64.2 Å². The van der Waals surface area contributed by atoms with Crippen molar-refractivity contribution in [2.45, 2.75) is 64.2 Å². The summed E-state index contributed by atoms with van der Waals surface area (Å²) in [5.74, 6) is 0. The molecule has 0 bridgehead atoms. The fraction of sp³-hybridized carbons (Fsp3) is 0.588. The van der Waals surface area contributed by atoms with Crippen molar-refractivity contribution in [1.82, 2.24) is 0 Å². The molecule has 0 N–H and O–H groups in total. The average Bonchev–Trinajstić information content (AvgIpc) is 3.03. The summed E-state index contributed by atoms with van der Waals surface area (Å²) in [6, 6.07) is 10.0. The molecule has 2 fully saturated rings. The minimum atomic E-state index is 0. The molecule has 0 aromatic heterocycles. The van der Waals surface area contributed by atoms with E-state index in [1.807, 2.05) is 30.3 Å². The first-order valence-corrected chi connectivity index (χ1v) is 7.30. The van der Waals surface area contributed by atoms with Gasteiger partial charge in [0.2, 0.25) is 0 Å². The van der Waals surface area contributed by atoms with Crippen LogP contribution in [-0.4, -0.2) is 0 Å². The molecule has 2 aliphatic carbocycles. The molecule has 0 unspecified atom stereocenters. The van der Waals surface area contributed by atoms with E-state index in [-0.39, 0.29) is 38.7 Å². The largest absolute Gasteiger partial charge is 4.00 e. The van der Waals surface area contributed by atoms with Crippen LogP contribution in [0.2, 0.25) is 0 Å². The first-order chi connectivity index (χ1) is 8.50. The van der Waals surface area contributed by atoms with Crippen LogP contribution in [0, 0.1) is 12.8 Å². The molecule has 19 heavy (non-hydrogen) atoms. The Balaban J connectivity index is 0. The van der Waals surface area contributed by atoms with Crippen LogP contribution in [-0.2, 0) is 21.7 Å². The summed E-state index contributed by atoms with van der Waals surface area (Å²) in [6.45, 7) is 0. The molecule has 0 atom stereocenters. The van der Waals surface area contributed by atoms with Crippen LogP contribution >= 0.6 is 0 Å². The smallest absolute Gasteiger partial charge is 1.00 e. The SMILES string of the molecule is [Br-].[CH-]1CCCCC1.[CH-]1CCCCC1.[Ti+4].c1cc[cH-]c1. The number of hydrogen-bond acceptors (Lipinski definition) is 0. The predicted molar refractivity (Wildman–Crippen MR) is 76.8 cm³/mol. The fourth-order valence-corrected chi connectivity index (χ4v) is 2.12. The first-order valence-electron chi connectivity index (χ1n) is 7.30. The van der Waals surface area contributed by atoms with Crippen LogP contribution in [0.15, 0.2) is 30.3 Å². The van der Waals surface area contributed by atoms with Crippen molar-refractivity contribution >= 4 is 0 Å². The van der Waals surface area contributed by atoms with Gasteiger partial charge in [0, 0.05) is 0 Å². The Morgan fingerprint density at radius 3 is 1.05 bits per heavy atom. The topological polar surface area (TPSA) is 0 Å². The van der Waals surface area contributed by atoms with Crippen LogP contribution in [0.5, 0.6) is 0 Å². The summed E-state index contributed by atoms with van der Waals surface area (Å²) in [7, 11) is 0. The Morgan fingerprint density at radius 2 is 0.947 bits per heavy atom. The molecule has 3 rings (SSSR count). The van der Waals surface area contributed by atoms with Gasteiger partial charge in [0.1, 0.15) is 0 Å². The monoisotopic (exact) mass is 358 g/mol. The number of rotatable bonds is 0. The standard InChI is InChI=1S/2C6H11.C5H5.BrH.Ti/c2*1-2-4-6-5-3-1;1-2-4-5-3-1;;/h2*1H,2-6H2;1-5H;1H;/q3*-1;;+4/p-1. The van der Waals surface area contributed by atoms with Crippen molar-refractivity contribution in [1.29, 1.82) is 0 Å². The van der Waals surface area contributed by atoms with Gasteiger partial charge in [-0.25, -0.2) is 12.1 Å². The summed E-state index contributed by atoms with van der Waals surface area (Å²) < 4.78 is 0. The molecular weight excluding hydrogens is 332 g/mol. The Labute approximate surface area is 145 Å². The second-order valence-electron chi connectivity index (χ2n) is 4.82. The molecule has 0 amide bonds. The van der Waals surface area contributed by atoms with Gasteiger partial charge in [0.05, 0.1) is 0 Å². The zero-order chi connectivity index (χ0) is 12.0. The molecule has 0 radical (unpaired) electrons. The van der Waals surface area contributed by atoms with Gasteiger partial charge in [-0.3, -0.25) is 0 Å². The third-order valence-electron chi connectivity index (χ3n) is 3.19. The van der Waals surface area contributed by atoms with Crippen LogP contribution in [0.4, 0.5) is 0 Å². The fourth-order valence-electron chi connectivity index (χ4n) is 2.12. The Hall–Kier alpha value is 0.544. The maximum atomic E-state index is 2.39. The molecule has 0 heterocycles. The molecule has 1 aromatic rings. The maximum Gasteiger partial charge on any atom is 4.00 e. The summed E-state index contributed by atoms with van der Waals surface area (Å²) in [5.41, 5.74) is 0. The minimum Gasteiger partial charge on any atom is -1.00 e.